The summed E-state index contributed by atoms with van der Waals surface area (Å²) in [6.45, 7) is 3.72. The Labute approximate surface area is 217 Å². The van der Waals surface area contributed by atoms with Crippen molar-refractivity contribution in [3.8, 4) is 5.75 Å². The first-order valence-electron chi connectivity index (χ1n) is 9.88. The minimum Gasteiger partial charge on any atom is -0.482 e. The van der Waals surface area contributed by atoms with E-state index in [1.807, 2.05) is 32.2 Å². The quantitative estimate of drug-likeness (QED) is 0.402. The molecule has 1 heterocycles. The van der Waals surface area contributed by atoms with E-state index < -0.39 is 0 Å². The predicted molar refractivity (Wildman–Crippen MR) is 143 cm³/mol. The Morgan fingerprint density at radius 3 is 2.42 bits per heavy atom. The fraction of sp³-hybridized carbons (Fsp3) is 0.304. The summed E-state index contributed by atoms with van der Waals surface area (Å²) in [5.74, 6) is 1.05. The smallest absolute Gasteiger partial charge is 0.262 e. The molecule has 0 aliphatic carbocycles. The number of aromatic nitrogens is 1. The number of anilines is 2. The van der Waals surface area contributed by atoms with Gasteiger partial charge in [-0.25, -0.2) is 4.98 Å². The molecule has 2 aromatic carbocycles. The fourth-order valence-electron chi connectivity index (χ4n) is 3.05. The lowest BCUT2D eigenvalue weighted by molar-refractivity contribution is -0.118. The SMILES string of the molecule is Cc1cc(N(C)CCN(C)C)nc2ccc(NC(=O)COc3ccc(Cl)cc3Cl)cc12.Cl.Cl. The van der Waals surface area contributed by atoms with E-state index in [0.29, 0.717) is 21.5 Å². The van der Waals surface area contributed by atoms with Crippen molar-refractivity contribution in [2.24, 2.45) is 0 Å². The van der Waals surface area contributed by atoms with Gasteiger partial charge in [-0.1, -0.05) is 23.2 Å². The summed E-state index contributed by atoms with van der Waals surface area (Å²) in [5.41, 5.74) is 2.66. The molecule has 0 saturated heterocycles. The molecule has 0 fully saturated rings. The van der Waals surface area contributed by atoms with Gasteiger partial charge in [0.2, 0.25) is 0 Å². The number of likely N-dealkylation sites (N-methyl/N-ethyl adjacent to an activating group) is 2. The molecule has 0 saturated carbocycles. The Hall–Kier alpha value is -1.96. The van der Waals surface area contributed by atoms with Crippen molar-refractivity contribution in [2.45, 2.75) is 6.92 Å². The molecule has 10 heteroatoms. The molecular formula is C23H28Cl4N4O2. The largest absolute Gasteiger partial charge is 0.482 e. The average molecular weight is 534 g/mol. The van der Waals surface area contributed by atoms with Crippen molar-refractivity contribution in [3.05, 3.63) is 58.1 Å². The summed E-state index contributed by atoms with van der Waals surface area (Å²) in [6.07, 6.45) is 0. The molecule has 0 aliphatic rings. The molecule has 1 N–H and O–H groups in total. The second-order valence-electron chi connectivity index (χ2n) is 7.67. The van der Waals surface area contributed by atoms with E-state index >= 15 is 0 Å². The lowest BCUT2D eigenvalue weighted by atomic mass is 10.1. The zero-order chi connectivity index (χ0) is 22.5. The van der Waals surface area contributed by atoms with Crippen LogP contribution >= 0.6 is 48.0 Å². The minimum absolute atomic E-state index is 0. The summed E-state index contributed by atoms with van der Waals surface area (Å²) >= 11 is 11.9. The zero-order valence-corrected chi connectivity index (χ0v) is 22.0. The van der Waals surface area contributed by atoms with E-state index in [1.165, 1.54) is 0 Å². The molecule has 0 bridgehead atoms. The van der Waals surface area contributed by atoms with Crippen molar-refractivity contribution < 1.29 is 9.53 Å². The van der Waals surface area contributed by atoms with Gasteiger partial charge in [-0.15, -0.1) is 24.8 Å². The molecule has 3 rings (SSSR count). The standard InChI is InChI=1S/C23H26Cl2N4O2.2ClH/c1-15-11-22(29(4)10-9-28(2)3)27-20-7-6-17(13-18(15)20)26-23(30)14-31-21-8-5-16(24)12-19(21)25;;/h5-8,11-13H,9-10,14H2,1-4H3,(H,26,30);2*1H. The van der Waals surface area contributed by atoms with Gasteiger partial charge in [0.05, 0.1) is 10.5 Å². The van der Waals surface area contributed by atoms with Crippen LogP contribution in [0.2, 0.25) is 10.0 Å². The number of carbonyl (C=O) groups excluding carboxylic acids is 1. The highest BCUT2D eigenvalue weighted by Gasteiger charge is 2.11. The topological polar surface area (TPSA) is 57.7 Å². The number of amides is 1. The summed E-state index contributed by atoms with van der Waals surface area (Å²) in [5, 5.41) is 4.71. The van der Waals surface area contributed by atoms with Gasteiger partial charge in [-0.3, -0.25) is 4.79 Å². The molecule has 6 nitrogen and oxygen atoms in total. The number of nitrogens with zero attached hydrogens (tertiary/aromatic N) is 3. The number of fused-ring (bicyclic) bond motifs is 1. The number of ether oxygens (including phenoxy) is 1. The van der Waals surface area contributed by atoms with Crippen LogP contribution in [0.4, 0.5) is 11.5 Å². The van der Waals surface area contributed by atoms with Crippen LogP contribution < -0.4 is 15.0 Å². The van der Waals surface area contributed by atoms with Gasteiger partial charge in [-0.2, -0.15) is 0 Å². The average Bonchev–Trinajstić information content (AvgIpc) is 2.71. The number of carbonyl (C=O) groups is 1. The van der Waals surface area contributed by atoms with Gasteiger partial charge in [-0.05, 0) is 69.0 Å². The molecule has 1 aromatic heterocycles. The van der Waals surface area contributed by atoms with Crippen molar-refractivity contribution in [2.75, 3.05) is 51.1 Å². The maximum atomic E-state index is 12.3. The van der Waals surface area contributed by atoms with Crippen molar-refractivity contribution in [1.82, 2.24) is 9.88 Å². The molecule has 0 unspecified atom stereocenters. The molecule has 33 heavy (non-hydrogen) atoms. The number of rotatable bonds is 8. The van der Waals surface area contributed by atoms with Crippen LogP contribution in [0.3, 0.4) is 0 Å². The number of nitrogens with one attached hydrogen (secondary N) is 1. The molecule has 0 aliphatic heterocycles. The van der Waals surface area contributed by atoms with Crippen LogP contribution in [0.1, 0.15) is 5.56 Å². The normalized spacial score (nSPS) is 10.4. The van der Waals surface area contributed by atoms with Gasteiger partial charge in [0.25, 0.3) is 5.91 Å². The molecule has 0 atom stereocenters. The number of hydrogen-bond acceptors (Lipinski definition) is 5. The number of halogens is 4. The third-order valence-electron chi connectivity index (χ3n) is 4.81. The lowest BCUT2D eigenvalue weighted by Crippen LogP contribution is -2.29. The first kappa shape index (κ1) is 29.1. The fourth-order valence-corrected chi connectivity index (χ4v) is 3.51. The molecular weight excluding hydrogens is 506 g/mol. The highest BCUT2D eigenvalue weighted by Crippen LogP contribution is 2.28. The zero-order valence-electron chi connectivity index (χ0n) is 18.9. The van der Waals surface area contributed by atoms with Crippen LogP contribution in [0.5, 0.6) is 5.75 Å². The lowest BCUT2D eigenvalue weighted by Gasteiger charge is -2.21. The minimum atomic E-state index is -0.281. The molecule has 0 spiro atoms. The highest BCUT2D eigenvalue weighted by atomic mass is 35.5. The maximum Gasteiger partial charge on any atom is 0.262 e. The Morgan fingerprint density at radius 2 is 1.76 bits per heavy atom. The summed E-state index contributed by atoms with van der Waals surface area (Å²) in [4.78, 5) is 21.4. The second kappa shape index (κ2) is 13.1. The summed E-state index contributed by atoms with van der Waals surface area (Å²) < 4.78 is 5.49. The third-order valence-corrected chi connectivity index (χ3v) is 5.34. The Balaban J connectivity index is 0.00000272. The summed E-state index contributed by atoms with van der Waals surface area (Å²) in [6, 6.07) is 12.6. The first-order chi connectivity index (χ1) is 14.7. The molecule has 0 radical (unpaired) electrons. The Morgan fingerprint density at radius 1 is 1.03 bits per heavy atom. The number of benzene rings is 2. The van der Waals surface area contributed by atoms with Gasteiger partial charge >= 0.3 is 0 Å². The molecule has 1 amide bonds. The third kappa shape index (κ3) is 8.09. The van der Waals surface area contributed by atoms with Crippen molar-refractivity contribution >= 4 is 76.3 Å². The van der Waals surface area contributed by atoms with Gasteiger partial charge < -0.3 is 19.9 Å². The van der Waals surface area contributed by atoms with Crippen LogP contribution in [0.25, 0.3) is 10.9 Å². The Bertz CT molecular complexity index is 1100. The molecule has 3 aromatic rings. The second-order valence-corrected chi connectivity index (χ2v) is 8.51. The van der Waals surface area contributed by atoms with E-state index in [1.54, 1.807) is 18.2 Å². The van der Waals surface area contributed by atoms with Crippen molar-refractivity contribution in [1.29, 1.82) is 0 Å². The van der Waals surface area contributed by atoms with Crippen LogP contribution in [0, 0.1) is 6.92 Å². The predicted octanol–water partition coefficient (Wildman–Crippen LogP) is 5.71. The number of hydrogen-bond donors (Lipinski definition) is 1. The van der Waals surface area contributed by atoms with E-state index in [2.05, 4.69) is 35.3 Å². The first-order valence-corrected chi connectivity index (χ1v) is 10.6. The number of aryl methyl sites for hydroxylation is 1. The highest BCUT2D eigenvalue weighted by molar-refractivity contribution is 6.35. The monoisotopic (exact) mass is 532 g/mol. The van der Waals surface area contributed by atoms with Gasteiger partial charge in [0, 0.05) is 36.2 Å². The van der Waals surface area contributed by atoms with Gasteiger partial charge in [0.1, 0.15) is 11.6 Å². The van der Waals surface area contributed by atoms with Gasteiger partial charge in [0.15, 0.2) is 6.61 Å². The maximum absolute atomic E-state index is 12.3. The van der Waals surface area contributed by atoms with Crippen LogP contribution in [-0.2, 0) is 4.79 Å². The number of pyridine rings is 1. The molecule has 180 valence electrons. The summed E-state index contributed by atoms with van der Waals surface area (Å²) in [7, 11) is 6.15. The van der Waals surface area contributed by atoms with Crippen LogP contribution in [0.15, 0.2) is 42.5 Å². The van der Waals surface area contributed by atoms with E-state index in [9.17, 15) is 4.79 Å². The van der Waals surface area contributed by atoms with E-state index in [-0.39, 0.29) is 37.3 Å². The Kier molecular flexibility index (Phi) is 11.5. The van der Waals surface area contributed by atoms with Crippen molar-refractivity contribution in [3.63, 3.8) is 0 Å². The van der Waals surface area contributed by atoms with Crippen LogP contribution in [-0.4, -0.2) is 56.6 Å². The van der Waals surface area contributed by atoms with E-state index in [0.717, 1.165) is 35.4 Å². The van der Waals surface area contributed by atoms with E-state index in [4.69, 9.17) is 32.9 Å².